The van der Waals surface area contributed by atoms with Crippen LogP contribution in [0.5, 0.6) is 0 Å². The van der Waals surface area contributed by atoms with Crippen LogP contribution in [0.1, 0.15) is 36.6 Å². The van der Waals surface area contributed by atoms with Crippen molar-refractivity contribution >= 4 is 34.5 Å². The first-order chi connectivity index (χ1) is 19.4. The average Bonchev–Trinajstić information content (AvgIpc) is 3.41. The number of esters is 1. The summed E-state index contributed by atoms with van der Waals surface area (Å²) in [6.45, 7) is 3.87. The second-order valence-corrected chi connectivity index (χ2v) is 10.4. The molecule has 0 radical (unpaired) electrons. The first-order valence-corrected chi connectivity index (χ1v) is 13.6. The normalized spacial score (nSPS) is 17.4. The van der Waals surface area contributed by atoms with Gasteiger partial charge in [-0.1, -0.05) is 72.0 Å². The number of amides is 1. The lowest BCUT2D eigenvalue weighted by molar-refractivity contribution is -0.139. The highest BCUT2D eigenvalue weighted by molar-refractivity contribution is 7.07. The molecule has 1 amide bonds. The van der Waals surface area contributed by atoms with Crippen LogP contribution in [0.15, 0.2) is 99.9 Å². The van der Waals surface area contributed by atoms with Crippen molar-refractivity contribution in [2.24, 2.45) is 4.99 Å². The number of ether oxygens (including phenoxy) is 1. The van der Waals surface area contributed by atoms with Crippen molar-refractivity contribution in [2.75, 3.05) is 11.5 Å². The van der Waals surface area contributed by atoms with Gasteiger partial charge in [0, 0.05) is 5.56 Å². The van der Waals surface area contributed by atoms with Gasteiger partial charge in [0.25, 0.3) is 11.5 Å². The molecule has 2 aliphatic heterocycles. The van der Waals surface area contributed by atoms with E-state index < -0.39 is 23.4 Å². The van der Waals surface area contributed by atoms with Gasteiger partial charge in [0.2, 0.25) is 0 Å². The quantitative estimate of drug-likeness (QED) is 0.352. The van der Waals surface area contributed by atoms with Crippen LogP contribution in [-0.2, 0) is 20.9 Å². The largest absolute Gasteiger partial charge is 0.463 e. The summed E-state index contributed by atoms with van der Waals surface area (Å²) < 4.78 is 20.8. The minimum absolute atomic E-state index is 0.142. The number of nitrogens with zero attached hydrogens (tertiary/aromatic N) is 3. The van der Waals surface area contributed by atoms with E-state index in [1.54, 1.807) is 18.7 Å². The Balaban J connectivity index is 1.58. The molecule has 0 bridgehead atoms. The van der Waals surface area contributed by atoms with E-state index in [9.17, 15) is 18.8 Å². The van der Waals surface area contributed by atoms with Crippen LogP contribution >= 0.6 is 11.3 Å². The van der Waals surface area contributed by atoms with E-state index in [-0.39, 0.29) is 22.6 Å². The predicted octanol–water partition coefficient (Wildman–Crippen LogP) is 3.85. The second-order valence-electron chi connectivity index (χ2n) is 9.44. The number of rotatable bonds is 5. The smallest absolute Gasteiger partial charge is 0.338 e. The highest BCUT2D eigenvalue weighted by atomic mass is 32.1. The topological polar surface area (TPSA) is 81.0 Å². The summed E-state index contributed by atoms with van der Waals surface area (Å²) >= 11 is 1.11. The fraction of sp³-hybridized carbons (Fsp3) is 0.161. The zero-order valence-electron chi connectivity index (χ0n) is 21.8. The molecule has 0 aliphatic carbocycles. The summed E-state index contributed by atoms with van der Waals surface area (Å²) in [4.78, 5) is 47.8. The number of aromatic nitrogens is 1. The molecular formula is C31H24FN3O4S. The molecule has 0 fully saturated rings. The zero-order valence-corrected chi connectivity index (χ0v) is 22.6. The lowest BCUT2D eigenvalue weighted by Gasteiger charge is -2.24. The van der Waals surface area contributed by atoms with Gasteiger partial charge >= 0.3 is 5.97 Å². The second kappa shape index (κ2) is 10.2. The van der Waals surface area contributed by atoms with Crippen LogP contribution in [0.4, 0.5) is 10.1 Å². The lowest BCUT2D eigenvalue weighted by atomic mass is 9.96. The van der Waals surface area contributed by atoms with Gasteiger partial charge in [-0.05, 0) is 43.2 Å². The summed E-state index contributed by atoms with van der Waals surface area (Å²) in [5, 5.41) is 0. The number of halogens is 1. The van der Waals surface area contributed by atoms with E-state index >= 15 is 0 Å². The summed E-state index contributed by atoms with van der Waals surface area (Å²) in [5.41, 5.74) is 3.30. The Labute approximate surface area is 232 Å². The summed E-state index contributed by atoms with van der Waals surface area (Å²) in [5.74, 6) is -1.33. The molecule has 40 heavy (non-hydrogen) atoms. The molecule has 200 valence electrons. The van der Waals surface area contributed by atoms with Crippen molar-refractivity contribution in [1.29, 1.82) is 0 Å². The molecule has 3 aromatic carbocycles. The third-order valence-electron chi connectivity index (χ3n) is 7.01. The number of carbonyl (C=O) groups excluding carboxylic acids is 2. The van der Waals surface area contributed by atoms with E-state index in [2.05, 4.69) is 4.99 Å². The molecule has 7 nitrogen and oxygen atoms in total. The minimum Gasteiger partial charge on any atom is -0.463 e. The van der Waals surface area contributed by atoms with Crippen molar-refractivity contribution in [3.63, 3.8) is 0 Å². The molecule has 3 heterocycles. The van der Waals surface area contributed by atoms with Gasteiger partial charge in [-0.15, -0.1) is 0 Å². The predicted molar refractivity (Wildman–Crippen MR) is 150 cm³/mol. The molecule has 0 saturated heterocycles. The fourth-order valence-corrected chi connectivity index (χ4v) is 6.36. The number of para-hydroxylation sites is 1. The Hall–Kier alpha value is -4.63. The number of anilines is 1. The SMILES string of the molecule is CCOC(=O)C1=C(C)N=c2s/c(=C3\C(=O)N(Cc4ccccc4)c4ccccc43)c(=O)n2[C@@H]1c1ccc(F)cc1. The third-order valence-corrected chi connectivity index (χ3v) is 8.07. The van der Waals surface area contributed by atoms with Gasteiger partial charge in [-0.2, -0.15) is 0 Å². The van der Waals surface area contributed by atoms with Crippen molar-refractivity contribution in [2.45, 2.75) is 26.4 Å². The first-order valence-electron chi connectivity index (χ1n) is 12.8. The van der Waals surface area contributed by atoms with Crippen LogP contribution in [0.3, 0.4) is 0 Å². The number of benzene rings is 3. The highest BCUT2D eigenvalue weighted by Gasteiger charge is 2.37. The van der Waals surface area contributed by atoms with Gasteiger partial charge in [0.15, 0.2) is 4.80 Å². The van der Waals surface area contributed by atoms with Crippen LogP contribution in [0, 0.1) is 5.82 Å². The van der Waals surface area contributed by atoms with E-state index in [0.717, 1.165) is 22.6 Å². The molecule has 1 atom stereocenters. The third kappa shape index (κ3) is 4.19. The summed E-state index contributed by atoms with van der Waals surface area (Å²) in [6, 6.07) is 21.8. The van der Waals surface area contributed by atoms with Crippen LogP contribution in [0.25, 0.3) is 5.57 Å². The van der Waals surface area contributed by atoms with Crippen molar-refractivity contribution in [1.82, 2.24) is 4.57 Å². The molecule has 1 aromatic heterocycles. The molecule has 2 aliphatic rings. The number of carbonyl (C=O) groups is 2. The Morgan fingerprint density at radius 1 is 1.00 bits per heavy atom. The number of fused-ring (bicyclic) bond motifs is 2. The average molecular weight is 554 g/mol. The minimum atomic E-state index is -0.891. The van der Waals surface area contributed by atoms with Gasteiger partial charge in [-0.3, -0.25) is 14.2 Å². The van der Waals surface area contributed by atoms with Gasteiger partial charge < -0.3 is 9.64 Å². The Bertz CT molecular complexity index is 1870. The number of allylic oxidation sites excluding steroid dienone is 1. The van der Waals surface area contributed by atoms with Crippen molar-refractivity contribution in [3.8, 4) is 0 Å². The Morgan fingerprint density at radius 2 is 1.70 bits per heavy atom. The lowest BCUT2D eigenvalue weighted by Crippen LogP contribution is -2.41. The first kappa shape index (κ1) is 25.6. The van der Waals surface area contributed by atoms with Crippen LogP contribution in [0.2, 0.25) is 0 Å². The Kier molecular flexibility index (Phi) is 6.51. The maximum atomic E-state index is 14.2. The fourth-order valence-electron chi connectivity index (χ4n) is 5.22. The van der Waals surface area contributed by atoms with Gasteiger partial charge in [0.05, 0.1) is 41.7 Å². The van der Waals surface area contributed by atoms with E-state index in [1.807, 2.05) is 54.6 Å². The van der Waals surface area contributed by atoms with Gasteiger partial charge in [-0.25, -0.2) is 14.2 Å². The molecule has 9 heteroatoms. The summed E-state index contributed by atoms with van der Waals surface area (Å²) in [7, 11) is 0. The zero-order chi connectivity index (χ0) is 28.0. The van der Waals surface area contributed by atoms with Crippen molar-refractivity contribution < 1.29 is 18.7 Å². The van der Waals surface area contributed by atoms with Crippen molar-refractivity contribution in [3.05, 3.63) is 132 Å². The van der Waals surface area contributed by atoms with E-state index in [1.165, 1.54) is 28.8 Å². The molecule has 0 N–H and O–H groups in total. The highest BCUT2D eigenvalue weighted by Crippen LogP contribution is 2.36. The molecule has 0 saturated carbocycles. The van der Waals surface area contributed by atoms with Gasteiger partial charge in [0.1, 0.15) is 10.3 Å². The van der Waals surface area contributed by atoms with Crippen LogP contribution < -0.4 is 19.8 Å². The monoisotopic (exact) mass is 553 g/mol. The molecular weight excluding hydrogens is 529 g/mol. The van der Waals surface area contributed by atoms with E-state index in [4.69, 9.17) is 4.74 Å². The molecule has 0 spiro atoms. The number of hydrogen-bond acceptors (Lipinski definition) is 6. The van der Waals surface area contributed by atoms with E-state index in [0.29, 0.717) is 33.7 Å². The maximum absolute atomic E-state index is 14.2. The number of thiazole rings is 1. The summed E-state index contributed by atoms with van der Waals surface area (Å²) in [6.07, 6.45) is 0. The molecule has 0 unspecified atom stereocenters. The van der Waals surface area contributed by atoms with Crippen LogP contribution in [-0.4, -0.2) is 23.1 Å². The number of hydrogen-bond donors (Lipinski definition) is 0. The standard InChI is InChI=1S/C31H24FN3O4S/c1-3-39-30(38)24-18(2)33-31-35(26(24)20-13-15-21(32)16-14-20)29(37)27(40-31)25-22-11-7-8-12-23(22)34(28(25)36)17-19-9-5-4-6-10-19/h4-16,26H,3,17H2,1-2H3/b27-25-/t26-/m1/s1. The Morgan fingerprint density at radius 3 is 2.42 bits per heavy atom. The maximum Gasteiger partial charge on any atom is 0.338 e. The molecule has 6 rings (SSSR count). The molecule has 4 aromatic rings.